The predicted octanol–water partition coefficient (Wildman–Crippen LogP) is 7.22. The van der Waals surface area contributed by atoms with E-state index in [2.05, 4.69) is 46.4 Å². The normalized spacial score (nSPS) is 25.8. The van der Waals surface area contributed by atoms with Crippen molar-refractivity contribution in [2.75, 3.05) is 131 Å². The van der Waals surface area contributed by atoms with Crippen LogP contribution in [0, 0.1) is 29.6 Å². The van der Waals surface area contributed by atoms with Gasteiger partial charge in [0.05, 0.1) is 121 Å². The molecule has 4 aliphatic rings. The number of aliphatic hydroxyl groups excluding tert-OH is 2. The van der Waals surface area contributed by atoms with E-state index in [1.54, 1.807) is 69.6 Å². The number of ketones is 2. The fourth-order valence-corrected chi connectivity index (χ4v) is 16.2. The number of fused-ring (bicyclic) bond motifs is 5. The minimum absolute atomic E-state index is 0.0183. The second kappa shape index (κ2) is 52.6. The maximum Gasteiger partial charge on any atom is 0.407 e. The van der Waals surface area contributed by atoms with Gasteiger partial charge >= 0.3 is 12.1 Å². The van der Waals surface area contributed by atoms with Gasteiger partial charge in [-0.25, -0.2) is 28.9 Å². The summed E-state index contributed by atoms with van der Waals surface area (Å²) < 4.78 is 72.5. The van der Waals surface area contributed by atoms with Gasteiger partial charge in [0.25, 0.3) is 17.7 Å². The topological polar surface area (TPSA) is 521 Å². The molecule has 9 rings (SSSR count). The fraction of sp³-hybridized carbons (Fsp3) is 0.670. The molecular weight excluding hydrogens is 1690 g/mol. The third-order valence-electron chi connectivity index (χ3n) is 23.6. The summed E-state index contributed by atoms with van der Waals surface area (Å²) in [6, 6.07) is 3.12. The number of allylic oxidation sites excluding steroid dienone is 6. The third-order valence-corrected chi connectivity index (χ3v) is 23.6. The first-order valence-corrected chi connectivity index (χ1v) is 45.4. The number of nitrogens with one attached hydrogen (secondary N) is 3. The first kappa shape index (κ1) is 104. The average molecular weight is 1820 g/mol. The zero-order chi connectivity index (χ0) is 93.9. The van der Waals surface area contributed by atoms with Crippen LogP contribution >= 0.6 is 0 Å². The van der Waals surface area contributed by atoms with Crippen LogP contribution in [-0.4, -0.2) is 287 Å². The van der Waals surface area contributed by atoms with E-state index in [1.807, 2.05) is 77.1 Å². The lowest BCUT2D eigenvalue weighted by Gasteiger charge is -2.42. The summed E-state index contributed by atoms with van der Waals surface area (Å²) in [5, 5.41) is 62.5. The Morgan fingerprint density at radius 2 is 1.43 bits per heavy atom. The SMILES string of the molecule is CO[C@H]1C[C@@H]2CC[C@@H](C)[C@@](O)(O2)C(=O)C(=O)N2CCCC[C@H]2C(=O)O[C@H]([C@H](N)C[C@@H]2CC[C@H](n3cc(COC(=O)NCCOCCOCCOCCC(=O)NCCOCCOCCOCCC(=O)NCCCCn4nc(-c5ccc6oc(N)nc6c5)c5c(N)ncnc54)nn3)[C@H](OC)C2)C/C(=N/OC(C)(C)C)[C@H](C)/C=C(\C)[C@@H](O)[C@@H](O)C(=O)[C@H](C)C[C@H](C)/C=C/C=CC=C1C. The lowest BCUT2D eigenvalue weighted by atomic mass is 9.79. The van der Waals surface area contributed by atoms with Crippen molar-refractivity contribution in [1.82, 2.24) is 60.6 Å². The monoisotopic (exact) mass is 1820 g/mol. The van der Waals surface area contributed by atoms with Crippen LogP contribution in [0.1, 0.15) is 177 Å². The quantitative estimate of drug-likeness (QED) is 0.00616. The largest absolute Gasteiger partial charge is 0.459 e. The number of esters is 1. The summed E-state index contributed by atoms with van der Waals surface area (Å²) >= 11 is 0. The molecule has 1 aromatic carbocycles. The number of hydrogen-bond donors (Lipinski definition) is 9. The number of anilines is 2. The molecule has 15 atom stereocenters. The minimum atomic E-state index is -2.51. The Kier molecular flexibility index (Phi) is 42.1. The molecule has 5 aromatic rings. The van der Waals surface area contributed by atoms with Gasteiger partial charge in [-0.15, -0.1) is 5.10 Å². The van der Waals surface area contributed by atoms with Crippen molar-refractivity contribution in [2.45, 2.75) is 244 Å². The molecule has 4 aromatic heterocycles. The van der Waals surface area contributed by atoms with Gasteiger partial charge < -0.3 is 115 Å². The number of Topliss-reactive ketones (excluding diaryl/α,β-unsaturated/α-hetero) is 2. The van der Waals surface area contributed by atoms with Crippen molar-refractivity contribution in [3.05, 3.63) is 84.0 Å². The number of nitrogens with zero attached hydrogens (tertiary/aromatic N) is 10. The molecule has 0 spiro atoms. The summed E-state index contributed by atoms with van der Waals surface area (Å²) in [4.78, 5) is 116. The number of aliphatic hydroxyl groups is 3. The van der Waals surface area contributed by atoms with Crippen molar-refractivity contribution in [2.24, 2.45) is 40.5 Å². The van der Waals surface area contributed by atoms with Crippen LogP contribution in [0.5, 0.6) is 0 Å². The van der Waals surface area contributed by atoms with Gasteiger partial charge in [-0.05, 0) is 153 Å². The van der Waals surface area contributed by atoms with E-state index in [0.29, 0.717) is 162 Å². The van der Waals surface area contributed by atoms with Crippen LogP contribution in [0.2, 0.25) is 0 Å². The Morgan fingerprint density at radius 1 is 0.754 bits per heavy atom. The van der Waals surface area contributed by atoms with E-state index in [-0.39, 0.29) is 139 Å². The number of benzene rings is 1. The minimum Gasteiger partial charge on any atom is -0.459 e. The molecule has 3 aliphatic heterocycles. The Morgan fingerprint density at radius 3 is 2.12 bits per heavy atom. The summed E-state index contributed by atoms with van der Waals surface area (Å²) in [6.45, 7) is 20.8. The van der Waals surface area contributed by atoms with E-state index < -0.39 is 107 Å². The number of oxazole rings is 1. The summed E-state index contributed by atoms with van der Waals surface area (Å²) in [5.74, 6) is -8.33. The average Bonchev–Trinajstić information content (AvgIpc) is 1.73. The Hall–Kier alpha value is -9.62. The highest BCUT2D eigenvalue weighted by Crippen LogP contribution is 2.40. The zero-order valence-corrected chi connectivity index (χ0v) is 77.2. The molecule has 3 fully saturated rings. The van der Waals surface area contributed by atoms with Gasteiger partial charge in [0.2, 0.25) is 17.6 Å². The van der Waals surface area contributed by atoms with Crippen LogP contribution in [-0.2, 0) is 98.9 Å². The molecule has 130 heavy (non-hydrogen) atoms. The smallest absolute Gasteiger partial charge is 0.407 e. The first-order valence-electron chi connectivity index (χ1n) is 45.4. The molecule has 12 N–H and O–H groups in total. The van der Waals surface area contributed by atoms with Gasteiger partial charge in [-0.2, -0.15) is 10.1 Å². The molecule has 4 amide bonds. The maximum absolute atomic E-state index is 15.1. The van der Waals surface area contributed by atoms with Crippen molar-refractivity contribution in [3.8, 4) is 11.3 Å². The molecule has 0 unspecified atom stereocenters. The molecule has 1 saturated carbocycles. The van der Waals surface area contributed by atoms with Crippen molar-refractivity contribution in [3.63, 3.8) is 0 Å². The molecule has 2 bridgehead atoms. The number of nitrogens with two attached hydrogens (primary N) is 3. The number of rotatable bonds is 39. The van der Waals surface area contributed by atoms with Crippen LogP contribution < -0.4 is 33.2 Å². The predicted molar refractivity (Wildman–Crippen MR) is 480 cm³/mol. The number of carbonyl (C=O) groups is 7. The number of cyclic esters (lactones) is 1. The number of methoxy groups -OCH3 is 2. The number of carbonyl (C=O) groups excluding carboxylic acids is 7. The number of aromatic nitrogens is 8. The van der Waals surface area contributed by atoms with E-state index in [0.717, 1.165) is 17.6 Å². The lowest BCUT2D eigenvalue weighted by molar-refractivity contribution is -0.265. The number of aryl methyl sites for hydroxylation is 1. The van der Waals surface area contributed by atoms with Gasteiger partial charge in [0, 0.05) is 102 Å². The number of ether oxygens (including phenoxy) is 11. The molecule has 0 radical (unpaired) electrons. The molecule has 39 nitrogen and oxygen atoms in total. The first-order chi connectivity index (χ1) is 62.3. The lowest BCUT2D eigenvalue weighted by Crippen LogP contribution is -2.61. The van der Waals surface area contributed by atoms with E-state index >= 15 is 4.79 Å². The molecule has 720 valence electrons. The van der Waals surface area contributed by atoms with Crippen molar-refractivity contribution < 1.29 is 110 Å². The zero-order valence-electron chi connectivity index (χ0n) is 77.2. The number of alkyl carbamates (subject to hydrolysis) is 1. The number of piperidine rings is 1. The molecule has 2 saturated heterocycles. The van der Waals surface area contributed by atoms with Gasteiger partial charge in [-0.1, -0.05) is 74.5 Å². The summed E-state index contributed by atoms with van der Waals surface area (Å²) in [5.41, 5.74) is 23.5. The van der Waals surface area contributed by atoms with Crippen LogP contribution in [0.25, 0.3) is 33.4 Å². The second-order valence-corrected chi connectivity index (χ2v) is 34.9. The van der Waals surface area contributed by atoms with E-state index in [9.17, 15) is 44.1 Å². The number of hydrogen-bond acceptors (Lipinski definition) is 33. The van der Waals surface area contributed by atoms with E-state index in [1.165, 1.54) is 11.2 Å². The second-order valence-electron chi connectivity index (χ2n) is 34.9. The van der Waals surface area contributed by atoms with E-state index in [4.69, 9.17) is 83.7 Å². The molecule has 39 heteroatoms. The van der Waals surface area contributed by atoms with Crippen molar-refractivity contribution in [1.29, 1.82) is 0 Å². The van der Waals surface area contributed by atoms with Crippen LogP contribution in [0.3, 0.4) is 0 Å². The number of oxime groups is 1. The number of nitrogen functional groups attached to an aromatic ring is 2. The Balaban J connectivity index is 0.638. The van der Waals surface area contributed by atoms with Gasteiger partial charge in [-0.3, -0.25) is 24.0 Å². The van der Waals surface area contributed by atoms with Crippen molar-refractivity contribution >= 4 is 81.0 Å². The van der Waals surface area contributed by atoms with Gasteiger partial charge in [0.15, 0.2) is 17.0 Å². The van der Waals surface area contributed by atoms with Gasteiger partial charge in [0.1, 0.15) is 65.6 Å². The fourth-order valence-electron chi connectivity index (χ4n) is 16.2. The highest BCUT2D eigenvalue weighted by atomic mass is 16.7. The molecule has 7 heterocycles. The molecular formula is C91H138N16O23. The third kappa shape index (κ3) is 32.1. The standard InChI is InChI=1S/C91H138N16O23/c1-57-19-13-12-14-20-58(2)73(118-10)52-66-25-22-62(6)91(117,129-66)83(113)86(114)105-33-17-15-21-71(105)87(115)127-74(53-68(103-130-90(7,8)9)59(3)48-61(5)81(111)82(112)80(110)60(4)47-57)67(92)49-63-23-26-70(75(50-63)119-11)107-54-65(101-104-107)55-126-89(116)97-32-38-123-42-46-125-44-40-121-36-29-77(109)96-31-37-122-41-45-124-43-39-120-35-28-76(108)95-30-16-18-34-106-85-78(84(93)98-56-99-85)79(102-106)64-24-27-72-69(51-64)100-88(94)128-72/h12-14,19-20,24,27,48,51,54,56-57,59-60,62-63,66-67,70-71,73-75,81-82,111-112,117H,15-18,21-23,25-26,28-47,49-50,52-53,55,92H2,1-11H3,(H2,94,100)(H,95,108)(H,96,109)(H,97,116)(H2,93,98,99)/b14-12?,19-13+,58-20?,61-48+,103-68-/t57-,59-,60-,62-,63+,66+,67-,70+,71+,73+,74+,75-,81-,82+,91-/m1/s1. The molecule has 1 aliphatic carbocycles. The Labute approximate surface area is 759 Å². The summed E-state index contributed by atoms with van der Waals surface area (Å²) in [6.07, 6.45) is 13.8. The summed E-state index contributed by atoms with van der Waals surface area (Å²) in [7, 11) is 3.16. The van der Waals surface area contributed by atoms with Crippen LogP contribution in [0.4, 0.5) is 16.6 Å². The maximum atomic E-state index is 15.1. The Bertz CT molecular complexity index is 4600. The number of unbranched alkanes of at least 4 members (excludes halogenated alkanes) is 1. The number of amides is 4. The highest BCUT2D eigenvalue weighted by Gasteiger charge is 2.53. The van der Waals surface area contributed by atoms with Crippen LogP contribution in [0.15, 0.2) is 87.9 Å². The highest BCUT2D eigenvalue weighted by molar-refractivity contribution is 6.39.